The predicted octanol–water partition coefficient (Wildman–Crippen LogP) is -0.408. The van der Waals surface area contributed by atoms with Gasteiger partial charge in [-0.15, -0.1) is 0 Å². The topological polar surface area (TPSA) is 28.1 Å². The molecule has 0 heterocycles. The standard InChI is InChI=1S/C6H2F3N2.ClH/c7-3-1-5(9)6(11-10)2-4(3)8;/h1-2H;1H/q+1;/p-1. The van der Waals surface area contributed by atoms with Crippen molar-refractivity contribution in [1.29, 1.82) is 5.39 Å². The number of nitrogens with zero attached hydrogens (tertiary/aromatic N) is 2. The number of benzene rings is 1. The lowest BCUT2D eigenvalue weighted by molar-refractivity contribution is -0.00000415. The zero-order valence-corrected chi connectivity index (χ0v) is 6.32. The number of hydrogen-bond donors (Lipinski definition) is 0. The van der Waals surface area contributed by atoms with Crippen molar-refractivity contribution in [3.05, 3.63) is 34.6 Å². The van der Waals surface area contributed by atoms with Crippen LogP contribution in [-0.4, -0.2) is 0 Å². The molecular formula is C6H2ClF3N2. The van der Waals surface area contributed by atoms with Gasteiger partial charge in [0.05, 0.1) is 6.07 Å². The highest BCUT2D eigenvalue weighted by atomic mass is 35.5. The van der Waals surface area contributed by atoms with Gasteiger partial charge in [0.15, 0.2) is 16.6 Å². The van der Waals surface area contributed by atoms with Crippen LogP contribution in [0.15, 0.2) is 12.1 Å². The zero-order chi connectivity index (χ0) is 8.43. The molecule has 0 unspecified atom stereocenters. The molecule has 0 atom stereocenters. The largest absolute Gasteiger partial charge is 1.00 e. The lowest BCUT2D eigenvalue weighted by Gasteiger charge is -1.87. The molecule has 0 bridgehead atoms. The second-order valence-electron chi connectivity index (χ2n) is 1.82. The number of rotatable bonds is 0. The van der Waals surface area contributed by atoms with E-state index in [0.717, 1.165) is 0 Å². The average Bonchev–Trinajstić information content (AvgIpc) is 1.97. The molecule has 2 nitrogen and oxygen atoms in total. The Kier molecular flexibility index (Phi) is 3.51. The number of diazo groups is 1. The van der Waals surface area contributed by atoms with E-state index in [0.29, 0.717) is 12.1 Å². The van der Waals surface area contributed by atoms with Crippen molar-refractivity contribution in [3.8, 4) is 0 Å². The van der Waals surface area contributed by atoms with E-state index in [2.05, 4.69) is 4.98 Å². The third-order valence-electron chi connectivity index (χ3n) is 1.10. The van der Waals surface area contributed by atoms with Crippen molar-refractivity contribution < 1.29 is 25.6 Å². The quantitative estimate of drug-likeness (QED) is 0.408. The first-order valence-corrected chi connectivity index (χ1v) is 2.65. The van der Waals surface area contributed by atoms with Crippen LogP contribution in [0.25, 0.3) is 4.98 Å². The van der Waals surface area contributed by atoms with Crippen molar-refractivity contribution in [2.24, 2.45) is 0 Å². The lowest BCUT2D eigenvalue weighted by Crippen LogP contribution is -3.00. The second-order valence-corrected chi connectivity index (χ2v) is 1.82. The summed E-state index contributed by atoms with van der Waals surface area (Å²) in [4.78, 5) is 2.39. The molecule has 0 aliphatic heterocycles. The van der Waals surface area contributed by atoms with Crippen LogP contribution >= 0.6 is 0 Å². The Morgan fingerprint density at radius 2 is 1.50 bits per heavy atom. The van der Waals surface area contributed by atoms with Crippen LogP contribution in [0.1, 0.15) is 0 Å². The van der Waals surface area contributed by atoms with Gasteiger partial charge in [0.1, 0.15) is 0 Å². The summed E-state index contributed by atoms with van der Waals surface area (Å²) in [7, 11) is 0. The summed E-state index contributed by atoms with van der Waals surface area (Å²) in [5.74, 6) is -3.67. The molecule has 0 spiro atoms. The van der Waals surface area contributed by atoms with Gasteiger partial charge < -0.3 is 12.4 Å². The van der Waals surface area contributed by atoms with Crippen LogP contribution in [-0.2, 0) is 0 Å². The maximum absolute atomic E-state index is 12.4. The highest BCUT2D eigenvalue weighted by Crippen LogP contribution is 2.20. The van der Waals surface area contributed by atoms with E-state index in [1.165, 1.54) is 0 Å². The Morgan fingerprint density at radius 3 is 2.00 bits per heavy atom. The van der Waals surface area contributed by atoms with Crippen molar-refractivity contribution >= 4 is 5.69 Å². The van der Waals surface area contributed by atoms with Gasteiger partial charge in [-0.1, -0.05) is 0 Å². The molecule has 0 saturated carbocycles. The zero-order valence-electron chi connectivity index (χ0n) is 5.56. The van der Waals surface area contributed by atoms with Crippen molar-refractivity contribution in [2.45, 2.75) is 0 Å². The minimum absolute atomic E-state index is 0. The monoisotopic (exact) mass is 194 g/mol. The molecule has 0 aliphatic carbocycles. The van der Waals surface area contributed by atoms with Crippen LogP contribution in [0.4, 0.5) is 18.9 Å². The first-order valence-electron chi connectivity index (χ1n) is 2.65. The highest BCUT2D eigenvalue weighted by molar-refractivity contribution is 5.45. The smallest absolute Gasteiger partial charge is 0.423 e. The first-order chi connectivity index (χ1) is 5.15. The average molecular weight is 195 g/mol. The van der Waals surface area contributed by atoms with Crippen LogP contribution in [0.2, 0.25) is 0 Å². The van der Waals surface area contributed by atoms with E-state index in [4.69, 9.17) is 5.39 Å². The highest BCUT2D eigenvalue weighted by Gasteiger charge is 2.18. The molecule has 0 amide bonds. The molecular weight excluding hydrogens is 193 g/mol. The summed E-state index contributed by atoms with van der Waals surface area (Å²) in [6, 6.07) is 0.773. The third-order valence-corrected chi connectivity index (χ3v) is 1.10. The number of hydrogen-bond acceptors (Lipinski definition) is 1. The minimum Gasteiger partial charge on any atom is -1.00 e. The van der Waals surface area contributed by atoms with E-state index in [1.807, 2.05) is 0 Å². The molecule has 0 aliphatic rings. The normalized spacial score (nSPS) is 8.50. The predicted molar refractivity (Wildman–Crippen MR) is 31.1 cm³/mol. The third kappa shape index (κ3) is 1.86. The maximum Gasteiger partial charge on any atom is 0.423 e. The van der Waals surface area contributed by atoms with E-state index in [9.17, 15) is 13.2 Å². The van der Waals surface area contributed by atoms with Gasteiger partial charge in [0.25, 0.3) is 0 Å². The summed E-state index contributed by atoms with van der Waals surface area (Å²) in [6.45, 7) is 0. The molecule has 0 fully saturated rings. The number of halogens is 4. The van der Waals surface area contributed by atoms with Crippen molar-refractivity contribution in [1.82, 2.24) is 0 Å². The summed E-state index contributed by atoms with van der Waals surface area (Å²) in [6.07, 6.45) is 0. The van der Waals surface area contributed by atoms with Gasteiger partial charge in [-0.3, -0.25) is 0 Å². The van der Waals surface area contributed by atoms with Gasteiger partial charge in [-0.05, 0) is 0 Å². The maximum atomic E-state index is 12.4. The summed E-state index contributed by atoms with van der Waals surface area (Å²) >= 11 is 0. The molecule has 1 aromatic rings. The van der Waals surface area contributed by atoms with E-state index in [-0.39, 0.29) is 12.4 Å². The molecule has 1 rings (SSSR count). The first kappa shape index (κ1) is 10.7. The van der Waals surface area contributed by atoms with Crippen LogP contribution < -0.4 is 12.4 Å². The molecule has 12 heavy (non-hydrogen) atoms. The summed E-state index contributed by atoms with van der Waals surface area (Å²) < 4.78 is 36.8. The summed E-state index contributed by atoms with van der Waals surface area (Å²) in [5, 5.41) is 8.03. The van der Waals surface area contributed by atoms with E-state index in [1.54, 1.807) is 0 Å². The van der Waals surface area contributed by atoms with Gasteiger partial charge in [-0.2, -0.15) is 4.39 Å². The Bertz CT molecular complexity index is 334. The molecule has 0 radical (unpaired) electrons. The Balaban J connectivity index is 0.00000121. The molecule has 6 heteroatoms. The molecule has 0 N–H and O–H groups in total. The van der Waals surface area contributed by atoms with Crippen LogP contribution in [0.3, 0.4) is 0 Å². The van der Waals surface area contributed by atoms with Crippen LogP contribution in [0, 0.1) is 22.8 Å². The molecule has 64 valence electrons. The van der Waals surface area contributed by atoms with Gasteiger partial charge in [0, 0.05) is 6.07 Å². The van der Waals surface area contributed by atoms with Gasteiger partial charge in [0.2, 0.25) is 11.2 Å². The SMILES string of the molecule is N#[N+]c1cc(F)c(F)cc1F.[Cl-]. The van der Waals surface area contributed by atoms with Crippen LogP contribution in [0.5, 0.6) is 0 Å². The van der Waals surface area contributed by atoms with Gasteiger partial charge in [-0.25, -0.2) is 8.78 Å². The van der Waals surface area contributed by atoms with Crippen molar-refractivity contribution in [2.75, 3.05) is 0 Å². The minimum atomic E-state index is -1.31. The fourth-order valence-corrected chi connectivity index (χ4v) is 0.589. The lowest BCUT2D eigenvalue weighted by atomic mass is 10.3. The van der Waals surface area contributed by atoms with E-state index < -0.39 is 23.1 Å². The molecule has 1 aromatic carbocycles. The Labute approximate surface area is 72.0 Å². The second kappa shape index (κ2) is 3.93. The fourth-order valence-electron chi connectivity index (χ4n) is 0.589. The van der Waals surface area contributed by atoms with Gasteiger partial charge >= 0.3 is 5.69 Å². The summed E-state index contributed by atoms with van der Waals surface area (Å²) in [5.41, 5.74) is -0.621. The molecule has 0 saturated heterocycles. The Hall–Kier alpha value is -1.28. The molecule has 0 aromatic heterocycles. The van der Waals surface area contributed by atoms with E-state index >= 15 is 0 Å². The Morgan fingerprint density at radius 1 is 1.00 bits per heavy atom. The van der Waals surface area contributed by atoms with Crippen molar-refractivity contribution in [3.63, 3.8) is 0 Å². The fraction of sp³-hybridized carbons (Fsp3) is 0.